The molecule has 30 heavy (non-hydrogen) atoms. The molecule has 0 heterocycles. The second-order valence-corrected chi connectivity index (χ2v) is 8.72. The van der Waals surface area contributed by atoms with Crippen molar-refractivity contribution in [3.63, 3.8) is 0 Å². The average molecular weight is 395 g/mol. The van der Waals surface area contributed by atoms with Crippen molar-refractivity contribution in [2.45, 2.75) is 64.7 Å². The van der Waals surface area contributed by atoms with Crippen LogP contribution in [-0.2, 0) is 25.7 Å². The molecule has 3 aromatic rings. The van der Waals surface area contributed by atoms with Gasteiger partial charge in [0.2, 0.25) is 0 Å². The smallest absolute Gasteiger partial charge is 0.0118 e. The van der Waals surface area contributed by atoms with Crippen LogP contribution in [0.4, 0.5) is 0 Å². The zero-order valence-corrected chi connectivity index (χ0v) is 18.5. The highest BCUT2D eigenvalue weighted by molar-refractivity contribution is 5.65. The predicted octanol–water partition coefficient (Wildman–Crippen LogP) is 8.09. The van der Waals surface area contributed by atoms with E-state index in [1.54, 1.807) is 5.56 Å². The van der Waals surface area contributed by atoms with Gasteiger partial charge in [0, 0.05) is 0 Å². The number of benzene rings is 3. The van der Waals surface area contributed by atoms with Gasteiger partial charge in [-0.3, -0.25) is 0 Å². The van der Waals surface area contributed by atoms with Gasteiger partial charge in [-0.2, -0.15) is 0 Å². The summed E-state index contributed by atoms with van der Waals surface area (Å²) in [6.07, 6.45) is 12.6. The first-order chi connectivity index (χ1) is 14.8. The van der Waals surface area contributed by atoms with Crippen LogP contribution in [0.5, 0.6) is 0 Å². The monoisotopic (exact) mass is 394 g/mol. The summed E-state index contributed by atoms with van der Waals surface area (Å²) in [5, 5.41) is 0. The van der Waals surface area contributed by atoms with Crippen molar-refractivity contribution in [3.8, 4) is 11.1 Å². The molecule has 0 aromatic heterocycles. The van der Waals surface area contributed by atoms with Gasteiger partial charge >= 0.3 is 0 Å². The van der Waals surface area contributed by atoms with E-state index in [0.717, 1.165) is 12.8 Å². The lowest BCUT2D eigenvalue weighted by molar-refractivity contribution is 0.585. The Labute approximate surface area is 182 Å². The van der Waals surface area contributed by atoms with Crippen LogP contribution < -0.4 is 0 Å². The minimum Gasteiger partial charge on any atom is -0.0917 e. The zero-order valence-electron chi connectivity index (χ0n) is 18.5. The maximum absolute atomic E-state index is 2.44. The molecule has 0 amide bonds. The summed E-state index contributed by atoms with van der Waals surface area (Å²) in [5.41, 5.74) is 10.2. The summed E-state index contributed by atoms with van der Waals surface area (Å²) in [5.74, 6) is 0.654. The fourth-order valence-electron chi connectivity index (χ4n) is 4.74. The van der Waals surface area contributed by atoms with E-state index in [9.17, 15) is 0 Å². The molecule has 1 unspecified atom stereocenters. The standard InChI is InChI=1S/C30H34/c1-3-5-6-8-24-11-15-26(16-12-24)28-18-20-29-21-27(17-19-30(29)22-28)25-13-9-23(7-4-2)10-14-25/h3,5,9-17,19,21,28H,4,6-8,18,20,22H2,1-2H3/b5-3+. The van der Waals surface area contributed by atoms with Crippen molar-refractivity contribution in [1.29, 1.82) is 0 Å². The highest BCUT2D eigenvalue weighted by atomic mass is 14.2. The van der Waals surface area contributed by atoms with E-state index >= 15 is 0 Å². The Balaban J connectivity index is 1.44. The Hall–Kier alpha value is -2.60. The van der Waals surface area contributed by atoms with Crippen molar-refractivity contribution in [2.24, 2.45) is 0 Å². The molecule has 0 N–H and O–H groups in total. The fraction of sp³-hybridized carbons (Fsp3) is 0.333. The largest absolute Gasteiger partial charge is 0.0917 e. The first-order valence-corrected chi connectivity index (χ1v) is 11.7. The molecule has 154 valence electrons. The molecular formula is C30H34. The SMILES string of the molecule is C/C=C/CCc1ccc(C2CCc3cc(-c4ccc(CCC)cc4)ccc3C2)cc1. The number of hydrogen-bond donors (Lipinski definition) is 0. The lowest BCUT2D eigenvalue weighted by Gasteiger charge is -2.26. The maximum atomic E-state index is 2.44. The molecular weight excluding hydrogens is 360 g/mol. The number of fused-ring (bicyclic) bond motifs is 1. The lowest BCUT2D eigenvalue weighted by atomic mass is 9.79. The molecule has 0 radical (unpaired) electrons. The van der Waals surface area contributed by atoms with E-state index in [1.807, 2.05) is 0 Å². The van der Waals surface area contributed by atoms with E-state index in [-0.39, 0.29) is 0 Å². The molecule has 0 heteroatoms. The third-order valence-corrected chi connectivity index (χ3v) is 6.55. The summed E-state index contributed by atoms with van der Waals surface area (Å²) >= 11 is 0. The van der Waals surface area contributed by atoms with Gasteiger partial charge < -0.3 is 0 Å². The van der Waals surface area contributed by atoms with Crippen molar-refractivity contribution < 1.29 is 0 Å². The van der Waals surface area contributed by atoms with Crippen LogP contribution in [0.15, 0.2) is 78.9 Å². The van der Waals surface area contributed by atoms with Crippen molar-refractivity contribution >= 4 is 0 Å². The molecule has 1 aliphatic carbocycles. The van der Waals surface area contributed by atoms with Gasteiger partial charge in [-0.25, -0.2) is 0 Å². The van der Waals surface area contributed by atoms with E-state index in [0.29, 0.717) is 5.92 Å². The summed E-state index contributed by atoms with van der Waals surface area (Å²) in [6, 6.07) is 25.7. The first-order valence-electron chi connectivity index (χ1n) is 11.7. The van der Waals surface area contributed by atoms with E-state index < -0.39 is 0 Å². The molecule has 0 nitrogen and oxygen atoms in total. The molecule has 0 bridgehead atoms. The number of aryl methyl sites for hydroxylation is 3. The van der Waals surface area contributed by atoms with Gasteiger partial charge in [0.25, 0.3) is 0 Å². The van der Waals surface area contributed by atoms with Crippen LogP contribution >= 0.6 is 0 Å². The summed E-state index contributed by atoms with van der Waals surface area (Å²) in [7, 11) is 0. The van der Waals surface area contributed by atoms with Gasteiger partial charge in [-0.1, -0.05) is 92.2 Å². The van der Waals surface area contributed by atoms with Gasteiger partial charge in [-0.05, 0) is 90.3 Å². The zero-order chi connectivity index (χ0) is 20.8. The van der Waals surface area contributed by atoms with Crippen LogP contribution in [0.25, 0.3) is 11.1 Å². The second kappa shape index (κ2) is 9.94. The van der Waals surface area contributed by atoms with Crippen LogP contribution in [0.1, 0.15) is 66.8 Å². The fourth-order valence-corrected chi connectivity index (χ4v) is 4.74. The van der Waals surface area contributed by atoms with Gasteiger partial charge in [0.15, 0.2) is 0 Å². The van der Waals surface area contributed by atoms with Crippen molar-refractivity contribution in [1.82, 2.24) is 0 Å². The number of hydrogen-bond acceptors (Lipinski definition) is 0. The maximum Gasteiger partial charge on any atom is -0.0118 e. The molecule has 0 saturated carbocycles. The summed E-state index contributed by atoms with van der Waals surface area (Å²) in [4.78, 5) is 0. The van der Waals surface area contributed by atoms with Gasteiger partial charge in [0.1, 0.15) is 0 Å². The third kappa shape index (κ3) is 4.93. The molecule has 4 rings (SSSR count). The van der Waals surface area contributed by atoms with Crippen LogP contribution in [0.3, 0.4) is 0 Å². The minimum absolute atomic E-state index is 0.654. The average Bonchev–Trinajstić information content (AvgIpc) is 2.80. The molecule has 0 spiro atoms. The predicted molar refractivity (Wildman–Crippen MR) is 130 cm³/mol. The lowest BCUT2D eigenvalue weighted by Crippen LogP contribution is -2.13. The Morgan fingerprint density at radius 1 is 0.800 bits per heavy atom. The topological polar surface area (TPSA) is 0 Å². The van der Waals surface area contributed by atoms with Gasteiger partial charge in [0.05, 0.1) is 0 Å². The van der Waals surface area contributed by atoms with Gasteiger partial charge in [-0.15, -0.1) is 0 Å². The van der Waals surface area contributed by atoms with E-state index in [4.69, 9.17) is 0 Å². The molecule has 1 atom stereocenters. The number of rotatable bonds is 7. The van der Waals surface area contributed by atoms with Crippen LogP contribution in [0, 0.1) is 0 Å². The molecule has 0 saturated heterocycles. The molecule has 3 aromatic carbocycles. The Bertz CT molecular complexity index is 974. The molecule has 1 aliphatic rings. The van der Waals surface area contributed by atoms with Crippen LogP contribution in [-0.4, -0.2) is 0 Å². The number of allylic oxidation sites excluding steroid dienone is 2. The van der Waals surface area contributed by atoms with Crippen LogP contribution in [0.2, 0.25) is 0 Å². The van der Waals surface area contributed by atoms with Crippen molar-refractivity contribution in [2.75, 3.05) is 0 Å². The Morgan fingerprint density at radius 3 is 2.23 bits per heavy atom. The quantitative estimate of drug-likeness (QED) is 0.355. The Kier molecular flexibility index (Phi) is 6.84. The summed E-state index contributed by atoms with van der Waals surface area (Å²) in [6.45, 7) is 4.33. The second-order valence-electron chi connectivity index (χ2n) is 8.72. The normalized spacial score (nSPS) is 16.0. The first kappa shape index (κ1) is 20.7. The van der Waals surface area contributed by atoms with Crippen molar-refractivity contribution in [3.05, 3.63) is 107 Å². The molecule has 0 fully saturated rings. The highest BCUT2D eigenvalue weighted by Gasteiger charge is 2.20. The minimum atomic E-state index is 0.654. The molecule has 0 aliphatic heterocycles. The highest BCUT2D eigenvalue weighted by Crippen LogP contribution is 2.35. The van der Waals surface area contributed by atoms with E-state index in [2.05, 4.69) is 92.7 Å². The van der Waals surface area contributed by atoms with E-state index in [1.165, 1.54) is 65.5 Å². The Morgan fingerprint density at radius 2 is 1.50 bits per heavy atom. The third-order valence-electron chi connectivity index (χ3n) is 6.55. The summed E-state index contributed by atoms with van der Waals surface area (Å²) < 4.78 is 0.